The minimum Gasteiger partial charge on any atom is -0.480 e. The smallest absolute Gasteiger partial charge is 0.326 e. The van der Waals surface area contributed by atoms with Crippen LogP contribution in [-0.4, -0.2) is 47.7 Å². The van der Waals surface area contributed by atoms with Gasteiger partial charge in [-0.15, -0.1) is 0 Å². The summed E-state index contributed by atoms with van der Waals surface area (Å²) in [6, 6.07) is 2.42. The summed E-state index contributed by atoms with van der Waals surface area (Å²) >= 11 is 5.83. The highest BCUT2D eigenvalue weighted by atomic mass is 35.5. The molecule has 0 radical (unpaired) electrons. The van der Waals surface area contributed by atoms with Crippen molar-refractivity contribution in [3.63, 3.8) is 0 Å². The number of methoxy groups -OCH3 is 1. The van der Waals surface area contributed by atoms with Crippen molar-refractivity contribution in [2.45, 2.75) is 18.6 Å². The van der Waals surface area contributed by atoms with E-state index in [0.717, 1.165) is 12.1 Å². The molecule has 2 rings (SSSR count). The van der Waals surface area contributed by atoms with Gasteiger partial charge in [0.1, 0.15) is 11.9 Å². The van der Waals surface area contributed by atoms with Gasteiger partial charge in [0.15, 0.2) is 0 Å². The molecule has 0 bridgehead atoms. The molecule has 1 aromatic rings. The second kappa shape index (κ2) is 5.76. The highest BCUT2D eigenvalue weighted by Gasteiger charge is 2.40. The summed E-state index contributed by atoms with van der Waals surface area (Å²) in [5.41, 5.74) is 0.0797. The van der Waals surface area contributed by atoms with Crippen LogP contribution in [0.2, 0.25) is 5.02 Å². The fourth-order valence-electron chi connectivity index (χ4n) is 2.24. The minimum atomic E-state index is -1.10. The number of aliphatic carboxylic acids is 1. The van der Waals surface area contributed by atoms with Crippen molar-refractivity contribution in [2.24, 2.45) is 0 Å². The third-order valence-corrected chi connectivity index (χ3v) is 3.62. The molecule has 5 nitrogen and oxygen atoms in total. The lowest BCUT2D eigenvalue weighted by atomic mass is 10.1. The van der Waals surface area contributed by atoms with E-state index in [1.807, 2.05) is 0 Å². The molecular formula is C13H13ClFNO4. The van der Waals surface area contributed by atoms with Gasteiger partial charge in [0, 0.05) is 20.1 Å². The first-order chi connectivity index (χ1) is 9.43. The zero-order valence-corrected chi connectivity index (χ0v) is 11.4. The summed E-state index contributed by atoms with van der Waals surface area (Å²) in [7, 11) is 1.46. The molecular weight excluding hydrogens is 289 g/mol. The number of carboxylic acid groups (broad SMARTS) is 1. The normalized spacial score (nSPS) is 22.1. The number of rotatable bonds is 3. The Bertz CT molecular complexity index is 551. The highest BCUT2D eigenvalue weighted by molar-refractivity contribution is 6.33. The minimum absolute atomic E-state index is 0.0417. The predicted octanol–water partition coefficient (Wildman–Crippen LogP) is 1.79. The lowest BCUT2D eigenvalue weighted by Gasteiger charge is -2.21. The number of hydrogen-bond donors (Lipinski definition) is 1. The monoisotopic (exact) mass is 301 g/mol. The lowest BCUT2D eigenvalue weighted by Crippen LogP contribution is -2.40. The zero-order chi connectivity index (χ0) is 14.9. The number of hydrogen-bond acceptors (Lipinski definition) is 3. The molecule has 1 amide bonds. The van der Waals surface area contributed by atoms with Crippen molar-refractivity contribution < 1.29 is 23.8 Å². The highest BCUT2D eigenvalue weighted by Crippen LogP contribution is 2.26. The lowest BCUT2D eigenvalue weighted by molar-refractivity contribution is -0.141. The van der Waals surface area contributed by atoms with Gasteiger partial charge in [-0.25, -0.2) is 9.18 Å². The third-order valence-electron chi connectivity index (χ3n) is 3.30. The van der Waals surface area contributed by atoms with Crippen LogP contribution in [0.25, 0.3) is 0 Å². The van der Waals surface area contributed by atoms with Gasteiger partial charge in [-0.1, -0.05) is 11.6 Å². The summed E-state index contributed by atoms with van der Waals surface area (Å²) in [4.78, 5) is 24.8. The van der Waals surface area contributed by atoms with Crippen molar-refractivity contribution in [2.75, 3.05) is 13.7 Å². The van der Waals surface area contributed by atoms with Gasteiger partial charge in [0.05, 0.1) is 16.7 Å². The van der Waals surface area contributed by atoms with Crippen LogP contribution in [0.4, 0.5) is 4.39 Å². The van der Waals surface area contributed by atoms with E-state index in [2.05, 4.69) is 0 Å². The topological polar surface area (TPSA) is 66.8 Å². The van der Waals surface area contributed by atoms with E-state index < -0.39 is 23.7 Å². The average Bonchev–Trinajstić information content (AvgIpc) is 2.82. The van der Waals surface area contributed by atoms with E-state index in [1.165, 1.54) is 18.1 Å². The molecule has 1 aromatic carbocycles. The Labute approximate surface area is 119 Å². The van der Waals surface area contributed by atoms with Crippen molar-refractivity contribution in [3.05, 3.63) is 34.6 Å². The van der Waals surface area contributed by atoms with Crippen molar-refractivity contribution in [3.8, 4) is 0 Å². The Kier molecular flexibility index (Phi) is 4.25. The Hall–Kier alpha value is -1.66. The number of amides is 1. The second-order valence-electron chi connectivity index (χ2n) is 4.53. The Morgan fingerprint density at radius 2 is 2.20 bits per heavy atom. The van der Waals surface area contributed by atoms with Crippen molar-refractivity contribution >= 4 is 23.5 Å². The Morgan fingerprint density at radius 1 is 1.50 bits per heavy atom. The number of carbonyl (C=O) groups is 2. The van der Waals surface area contributed by atoms with Crippen LogP contribution in [0.1, 0.15) is 16.8 Å². The van der Waals surface area contributed by atoms with E-state index >= 15 is 0 Å². The number of carboxylic acids is 1. The van der Waals surface area contributed by atoms with E-state index in [0.29, 0.717) is 0 Å². The van der Waals surface area contributed by atoms with Gasteiger partial charge in [0.25, 0.3) is 5.91 Å². The molecule has 0 spiro atoms. The summed E-state index contributed by atoms with van der Waals surface area (Å²) in [5, 5.41) is 9.12. The van der Waals surface area contributed by atoms with Gasteiger partial charge >= 0.3 is 5.97 Å². The van der Waals surface area contributed by atoms with Gasteiger partial charge in [-0.05, 0) is 18.2 Å². The van der Waals surface area contributed by atoms with Crippen LogP contribution in [0, 0.1) is 5.82 Å². The second-order valence-corrected chi connectivity index (χ2v) is 4.94. The van der Waals surface area contributed by atoms with Crippen LogP contribution < -0.4 is 0 Å². The maximum atomic E-state index is 13.0. The number of likely N-dealkylation sites (tertiary alicyclic amines) is 1. The predicted molar refractivity (Wildman–Crippen MR) is 69.3 cm³/mol. The fraction of sp³-hybridized carbons (Fsp3) is 0.385. The van der Waals surface area contributed by atoms with E-state index in [1.54, 1.807) is 0 Å². The van der Waals surface area contributed by atoms with Gasteiger partial charge in [-0.2, -0.15) is 0 Å². The molecule has 2 unspecified atom stereocenters. The quantitative estimate of drug-likeness (QED) is 0.924. The van der Waals surface area contributed by atoms with E-state index in [4.69, 9.17) is 21.4 Å². The molecule has 7 heteroatoms. The van der Waals surface area contributed by atoms with E-state index in [-0.39, 0.29) is 29.7 Å². The first-order valence-electron chi connectivity index (χ1n) is 5.95. The fourth-order valence-corrected chi connectivity index (χ4v) is 2.49. The maximum Gasteiger partial charge on any atom is 0.326 e. The molecule has 20 heavy (non-hydrogen) atoms. The van der Waals surface area contributed by atoms with Crippen LogP contribution in [0.5, 0.6) is 0 Å². The standard InChI is InChI=1S/C13H13ClFNO4/c1-20-8-5-11(13(18)19)16(6-8)12(17)9-3-2-7(15)4-10(9)14/h2-4,8,11H,5-6H2,1H3,(H,18,19). The summed E-state index contributed by atoms with van der Waals surface area (Å²) < 4.78 is 18.1. The van der Waals surface area contributed by atoms with Crippen LogP contribution in [0.3, 0.4) is 0 Å². The van der Waals surface area contributed by atoms with Gasteiger partial charge in [-0.3, -0.25) is 4.79 Å². The maximum absolute atomic E-state index is 13.0. The van der Waals surface area contributed by atoms with Gasteiger partial charge in [0.2, 0.25) is 0 Å². The molecule has 2 atom stereocenters. The average molecular weight is 302 g/mol. The largest absolute Gasteiger partial charge is 0.480 e. The molecule has 0 aromatic heterocycles. The third kappa shape index (κ3) is 2.76. The molecule has 1 aliphatic heterocycles. The van der Waals surface area contributed by atoms with Crippen LogP contribution in [-0.2, 0) is 9.53 Å². The Morgan fingerprint density at radius 3 is 2.75 bits per heavy atom. The van der Waals surface area contributed by atoms with Gasteiger partial charge < -0.3 is 14.7 Å². The van der Waals surface area contributed by atoms with Crippen LogP contribution in [0.15, 0.2) is 18.2 Å². The molecule has 1 saturated heterocycles. The first kappa shape index (κ1) is 14.7. The molecule has 1 fully saturated rings. The number of nitrogens with zero attached hydrogens (tertiary/aromatic N) is 1. The first-order valence-corrected chi connectivity index (χ1v) is 6.33. The number of halogens is 2. The molecule has 108 valence electrons. The number of carbonyl (C=O) groups excluding carboxylic acids is 1. The molecule has 0 saturated carbocycles. The van der Waals surface area contributed by atoms with E-state index in [9.17, 15) is 14.0 Å². The van der Waals surface area contributed by atoms with Crippen LogP contribution >= 0.6 is 11.6 Å². The van der Waals surface area contributed by atoms with Crippen molar-refractivity contribution in [1.29, 1.82) is 0 Å². The summed E-state index contributed by atoms with van der Waals surface area (Å²) in [5.74, 6) is -2.20. The molecule has 1 aliphatic rings. The Balaban J connectivity index is 2.29. The molecule has 1 heterocycles. The summed E-state index contributed by atoms with van der Waals surface area (Å²) in [6.45, 7) is 0.167. The zero-order valence-electron chi connectivity index (χ0n) is 10.7. The summed E-state index contributed by atoms with van der Waals surface area (Å²) in [6.07, 6.45) is -0.115. The number of ether oxygens (including phenoxy) is 1. The van der Waals surface area contributed by atoms with Crippen molar-refractivity contribution in [1.82, 2.24) is 4.90 Å². The number of benzene rings is 1. The molecule has 0 aliphatic carbocycles. The SMILES string of the molecule is COC1CC(C(=O)O)N(C(=O)c2ccc(F)cc2Cl)C1. The molecule has 1 N–H and O–H groups in total.